The first kappa shape index (κ1) is 14.2. The molecule has 5 heteroatoms. The Kier molecular flexibility index (Phi) is 3.90. The van der Waals surface area contributed by atoms with Crippen molar-refractivity contribution in [1.29, 1.82) is 0 Å². The number of hydrogen-bond donors (Lipinski definition) is 1. The molecule has 0 amide bonds. The van der Waals surface area contributed by atoms with Crippen LogP contribution in [0.4, 0.5) is 0 Å². The summed E-state index contributed by atoms with van der Waals surface area (Å²) < 4.78 is 5.68. The highest BCUT2D eigenvalue weighted by molar-refractivity contribution is 6.30. The van der Waals surface area contributed by atoms with Crippen molar-refractivity contribution < 1.29 is 4.74 Å². The Hall–Kier alpha value is -1.36. The fraction of sp³-hybridized carbons (Fsp3) is 0.471. The average molecular weight is 318 g/mol. The van der Waals surface area contributed by atoms with E-state index in [1.54, 1.807) is 0 Å². The highest BCUT2D eigenvalue weighted by Gasteiger charge is 2.32. The molecule has 2 aliphatic rings. The van der Waals surface area contributed by atoms with Crippen LogP contribution in [0, 0.1) is 5.92 Å². The third-order valence-corrected chi connectivity index (χ3v) is 4.71. The Morgan fingerprint density at radius 1 is 1.36 bits per heavy atom. The van der Waals surface area contributed by atoms with Crippen molar-refractivity contribution in [3.8, 4) is 11.3 Å². The molecule has 4 nitrogen and oxygen atoms in total. The minimum absolute atomic E-state index is 0.238. The maximum Gasteiger partial charge on any atom is 0.126 e. The summed E-state index contributed by atoms with van der Waals surface area (Å²) in [5.41, 5.74) is 2.08. The zero-order valence-electron chi connectivity index (χ0n) is 12.5. The smallest absolute Gasteiger partial charge is 0.126 e. The predicted octanol–water partition coefficient (Wildman–Crippen LogP) is 3.51. The highest BCUT2D eigenvalue weighted by Crippen LogP contribution is 2.33. The lowest BCUT2D eigenvalue weighted by Crippen LogP contribution is -2.41. The maximum atomic E-state index is 6.08. The van der Waals surface area contributed by atoms with E-state index in [0.717, 1.165) is 47.8 Å². The van der Waals surface area contributed by atoms with Crippen LogP contribution in [0.2, 0.25) is 5.02 Å². The number of morpholine rings is 1. The van der Waals surface area contributed by atoms with Crippen LogP contribution >= 0.6 is 11.6 Å². The molecule has 116 valence electrons. The molecule has 1 aromatic heterocycles. The number of nitrogens with one attached hydrogen (secondary N) is 1. The molecular weight excluding hydrogens is 298 g/mol. The summed E-state index contributed by atoms with van der Waals surface area (Å²) in [6.45, 7) is 3.70. The molecule has 2 fully saturated rings. The van der Waals surface area contributed by atoms with E-state index in [4.69, 9.17) is 16.3 Å². The van der Waals surface area contributed by atoms with Gasteiger partial charge in [-0.2, -0.15) is 0 Å². The molecule has 1 atom stereocenters. The number of halogens is 1. The molecule has 1 aliphatic heterocycles. The first-order valence-corrected chi connectivity index (χ1v) is 8.30. The number of imidazole rings is 1. The molecule has 22 heavy (non-hydrogen) atoms. The summed E-state index contributed by atoms with van der Waals surface area (Å²) in [7, 11) is 0. The largest absolute Gasteiger partial charge is 0.378 e. The first-order chi connectivity index (χ1) is 10.8. The Balaban J connectivity index is 1.56. The number of ether oxygens (including phenoxy) is 1. The fourth-order valence-corrected chi connectivity index (χ4v) is 3.24. The number of aromatic amines is 1. The third kappa shape index (κ3) is 3.05. The van der Waals surface area contributed by atoms with Gasteiger partial charge in [-0.05, 0) is 30.9 Å². The summed E-state index contributed by atoms with van der Waals surface area (Å²) in [4.78, 5) is 10.6. The quantitative estimate of drug-likeness (QED) is 0.938. The van der Waals surface area contributed by atoms with Gasteiger partial charge in [0.1, 0.15) is 5.82 Å². The van der Waals surface area contributed by atoms with Gasteiger partial charge in [0.15, 0.2) is 0 Å². The molecule has 0 bridgehead atoms. The molecule has 1 saturated heterocycles. The van der Waals surface area contributed by atoms with E-state index < -0.39 is 0 Å². The van der Waals surface area contributed by atoms with Crippen LogP contribution in [0.25, 0.3) is 11.3 Å². The molecule has 1 unspecified atom stereocenters. The standard InChI is InChI=1S/C17H20ClN3O/c18-14-3-1-2-13(8-14)15-9-19-17(20-15)16-11-22-7-6-21(16)10-12-4-5-12/h1-3,8-9,12,16H,4-7,10-11H2,(H,19,20). The zero-order chi connectivity index (χ0) is 14.9. The van der Waals surface area contributed by atoms with Gasteiger partial charge < -0.3 is 9.72 Å². The Morgan fingerprint density at radius 3 is 3.09 bits per heavy atom. The van der Waals surface area contributed by atoms with Gasteiger partial charge in [-0.1, -0.05) is 23.7 Å². The molecule has 0 radical (unpaired) electrons. The second kappa shape index (κ2) is 6.03. The van der Waals surface area contributed by atoms with E-state index in [-0.39, 0.29) is 6.04 Å². The van der Waals surface area contributed by atoms with Gasteiger partial charge in [0.25, 0.3) is 0 Å². The van der Waals surface area contributed by atoms with E-state index in [1.807, 2.05) is 30.5 Å². The summed E-state index contributed by atoms with van der Waals surface area (Å²) in [6, 6.07) is 8.08. The van der Waals surface area contributed by atoms with Crippen molar-refractivity contribution in [3.05, 3.63) is 41.3 Å². The van der Waals surface area contributed by atoms with Gasteiger partial charge in [-0.15, -0.1) is 0 Å². The number of H-pyrrole nitrogens is 1. The van der Waals surface area contributed by atoms with Crippen LogP contribution in [0.15, 0.2) is 30.5 Å². The van der Waals surface area contributed by atoms with Crippen molar-refractivity contribution in [2.24, 2.45) is 5.92 Å². The number of benzene rings is 1. The number of hydrogen-bond acceptors (Lipinski definition) is 3. The minimum atomic E-state index is 0.238. The summed E-state index contributed by atoms with van der Waals surface area (Å²) >= 11 is 6.08. The second-order valence-electron chi connectivity index (χ2n) is 6.22. The van der Waals surface area contributed by atoms with E-state index in [9.17, 15) is 0 Å². The van der Waals surface area contributed by atoms with Crippen LogP contribution < -0.4 is 0 Å². The zero-order valence-corrected chi connectivity index (χ0v) is 13.2. The van der Waals surface area contributed by atoms with E-state index in [0.29, 0.717) is 0 Å². The van der Waals surface area contributed by atoms with Gasteiger partial charge in [0, 0.05) is 23.7 Å². The molecule has 0 spiro atoms. The average Bonchev–Trinajstić information content (AvgIpc) is 3.21. The second-order valence-corrected chi connectivity index (χ2v) is 6.66. The lowest BCUT2D eigenvalue weighted by molar-refractivity contribution is -0.0134. The predicted molar refractivity (Wildman–Crippen MR) is 86.9 cm³/mol. The maximum absolute atomic E-state index is 6.08. The lowest BCUT2D eigenvalue weighted by atomic mass is 10.2. The van der Waals surface area contributed by atoms with Crippen LogP contribution in [0.5, 0.6) is 0 Å². The monoisotopic (exact) mass is 317 g/mol. The highest BCUT2D eigenvalue weighted by atomic mass is 35.5. The van der Waals surface area contributed by atoms with E-state index in [1.165, 1.54) is 19.4 Å². The molecular formula is C17H20ClN3O. The molecule has 1 N–H and O–H groups in total. The topological polar surface area (TPSA) is 41.1 Å². The van der Waals surface area contributed by atoms with E-state index >= 15 is 0 Å². The molecule has 2 aromatic rings. The van der Waals surface area contributed by atoms with Crippen molar-refractivity contribution in [3.63, 3.8) is 0 Å². The Labute approximate surface area is 135 Å². The van der Waals surface area contributed by atoms with Crippen molar-refractivity contribution in [2.75, 3.05) is 26.3 Å². The van der Waals surface area contributed by atoms with Gasteiger partial charge in [0.05, 0.1) is 31.1 Å². The number of rotatable bonds is 4. The Morgan fingerprint density at radius 2 is 2.27 bits per heavy atom. The molecule has 1 saturated carbocycles. The number of aromatic nitrogens is 2. The molecule has 1 aliphatic carbocycles. The van der Waals surface area contributed by atoms with Gasteiger partial charge in [-0.3, -0.25) is 4.90 Å². The van der Waals surface area contributed by atoms with E-state index in [2.05, 4.69) is 14.9 Å². The molecule has 2 heterocycles. The number of nitrogens with zero attached hydrogens (tertiary/aromatic N) is 2. The molecule has 1 aromatic carbocycles. The first-order valence-electron chi connectivity index (χ1n) is 7.92. The van der Waals surface area contributed by atoms with Crippen molar-refractivity contribution >= 4 is 11.6 Å². The van der Waals surface area contributed by atoms with Crippen molar-refractivity contribution in [1.82, 2.24) is 14.9 Å². The summed E-state index contributed by atoms with van der Waals surface area (Å²) in [5.74, 6) is 1.87. The van der Waals surface area contributed by atoms with Crippen LogP contribution in [-0.2, 0) is 4.74 Å². The SMILES string of the molecule is Clc1cccc(-c2cnc(C3COCCN3CC3CC3)[nH]2)c1. The van der Waals surface area contributed by atoms with Gasteiger partial charge >= 0.3 is 0 Å². The fourth-order valence-electron chi connectivity index (χ4n) is 3.05. The Bertz CT molecular complexity index is 653. The van der Waals surface area contributed by atoms with Crippen molar-refractivity contribution in [2.45, 2.75) is 18.9 Å². The summed E-state index contributed by atoms with van der Waals surface area (Å²) in [6.07, 6.45) is 4.64. The molecule has 4 rings (SSSR count). The van der Waals surface area contributed by atoms with Crippen LogP contribution in [0.1, 0.15) is 24.7 Å². The van der Waals surface area contributed by atoms with Gasteiger partial charge in [-0.25, -0.2) is 4.98 Å². The lowest BCUT2D eigenvalue weighted by Gasteiger charge is -2.34. The minimum Gasteiger partial charge on any atom is -0.378 e. The van der Waals surface area contributed by atoms with Crippen LogP contribution in [0.3, 0.4) is 0 Å². The van der Waals surface area contributed by atoms with Gasteiger partial charge in [0.2, 0.25) is 0 Å². The third-order valence-electron chi connectivity index (χ3n) is 4.48. The summed E-state index contributed by atoms with van der Waals surface area (Å²) in [5, 5.41) is 0.741. The van der Waals surface area contributed by atoms with Crippen LogP contribution in [-0.4, -0.2) is 41.2 Å². The normalized spacial score (nSPS) is 22.9.